The van der Waals surface area contributed by atoms with Crippen molar-refractivity contribution in [1.82, 2.24) is 9.88 Å². The third-order valence-electron chi connectivity index (χ3n) is 6.37. The molecule has 2 aliphatic heterocycles. The van der Waals surface area contributed by atoms with E-state index in [4.69, 9.17) is 9.47 Å². The van der Waals surface area contributed by atoms with Crippen molar-refractivity contribution in [2.24, 2.45) is 11.8 Å². The molecule has 2 aliphatic rings. The maximum atomic E-state index is 12.4. The van der Waals surface area contributed by atoms with Gasteiger partial charge in [-0.25, -0.2) is 4.79 Å². The van der Waals surface area contributed by atoms with Gasteiger partial charge in [-0.15, -0.1) is 0 Å². The number of hydrogen-bond donors (Lipinski definition) is 1. The summed E-state index contributed by atoms with van der Waals surface area (Å²) in [5, 5.41) is 1.34. The summed E-state index contributed by atoms with van der Waals surface area (Å²) in [6.45, 7) is 4.28. The number of carbonyl (C=O) groups is 1. The highest BCUT2D eigenvalue weighted by Crippen LogP contribution is 2.45. The summed E-state index contributed by atoms with van der Waals surface area (Å²) in [6.07, 6.45) is 4.60. The van der Waals surface area contributed by atoms with E-state index in [1.807, 2.05) is 0 Å². The number of benzene rings is 1. The Morgan fingerprint density at radius 3 is 2.89 bits per heavy atom. The molecule has 5 nitrogen and oxygen atoms in total. The molecule has 1 saturated heterocycles. The summed E-state index contributed by atoms with van der Waals surface area (Å²) < 4.78 is 10.3. The van der Waals surface area contributed by atoms with Crippen molar-refractivity contribution in [3.63, 3.8) is 0 Å². The number of piperidine rings is 1. The number of ether oxygens (including phenoxy) is 2. The summed E-state index contributed by atoms with van der Waals surface area (Å²) in [5.74, 6) is 0.287. The molecule has 0 radical (unpaired) electrons. The third kappa shape index (κ3) is 3.04. The van der Waals surface area contributed by atoms with Crippen LogP contribution in [0.2, 0.25) is 0 Å². The van der Waals surface area contributed by atoms with Crippen molar-refractivity contribution in [2.75, 3.05) is 27.3 Å². The smallest absolute Gasteiger partial charge is 0.337 e. The zero-order chi connectivity index (χ0) is 19.0. The molecular formula is C22H28N2O3. The normalized spacial score (nSPS) is 25.7. The first-order valence-electron chi connectivity index (χ1n) is 9.82. The number of nitrogens with one attached hydrogen (secondary N) is 1. The Morgan fingerprint density at radius 1 is 1.33 bits per heavy atom. The summed E-state index contributed by atoms with van der Waals surface area (Å²) in [4.78, 5) is 18.7. The third-order valence-corrected chi connectivity index (χ3v) is 6.37. The number of fused-ring (bicyclic) bond motifs is 5. The van der Waals surface area contributed by atoms with Crippen molar-refractivity contribution in [1.29, 1.82) is 0 Å². The molecule has 3 heterocycles. The standard InChI is InChI=1S/C22H28N2O3/c1-4-14-12-24-10-9-16-15-7-5-6-8-19(15)23-21(16)20(24)11-17(14)18(13-26-2)22(25)27-3/h5-8,13-14,17,20,23H,4,9-12H2,1-3H3/b18-13+/t14-,17+,20+/m1/s1. The Balaban J connectivity index is 1.73. The van der Waals surface area contributed by atoms with E-state index in [-0.39, 0.29) is 11.9 Å². The number of esters is 1. The lowest BCUT2D eigenvalue weighted by atomic mass is 9.74. The monoisotopic (exact) mass is 368 g/mol. The number of H-pyrrole nitrogens is 1. The second-order valence-corrected chi connectivity index (χ2v) is 7.63. The van der Waals surface area contributed by atoms with Gasteiger partial charge in [0.2, 0.25) is 0 Å². The molecule has 0 aliphatic carbocycles. The lowest BCUT2D eigenvalue weighted by molar-refractivity contribution is -0.137. The van der Waals surface area contributed by atoms with Crippen LogP contribution in [0.3, 0.4) is 0 Å². The molecule has 0 saturated carbocycles. The molecule has 0 unspecified atom stereocenters. The van der Waals surface area contributed by atoms with Crippen molar-refractivity contribution in [2.45, 2.75) is 32.2 Å². The quantitative estimate of drug-likeness (QED) is 0.506. The van der Waals surface area contributed by atoms with Crippen LogP contribution in [0, 0.1) is 11.8 Å². The molecule has 2 aromatic rings. The number of nitrogens with zero attached hydrogens (tertiary/aromatic N) is 1. The maximum Gasteiger partial charge on any atom is 0.337 e. The molecular weight excluding hydrogens is 340 g/mol. The van der Waals surface area contributed by atoms with Gasteiger partial charge in [-0.05, 0) is 36.3 Å². The van der Waals surface area contributed by atoms with E-state index < -0.39 is 0 Å². The van der Waals surface area contributed by atoms with Gasteiger partial charge in [-0.3, -0.25) is 4.90 Å². The number of aromatic nitrogens is 1. The van der Waals surface area contributed by atoms with Gasteiger partial charge >= 0.3 is 5.97 Å². The van der Waals surface area contributed by atoms with Crippen LogP contribution < -0.4 is 0 Å². The van der Waals surface area contributed by atoms with E-state index in [1.54, 1.807) is 13.4 Å². The van der Waals surface area contributed by atoms with E-state index in [1.165, 1.54) is 29.3 Å². The topological polar surface area (TPSA) is 54.6 Å². The molecule has 144 valence electrons. The van der Waals surface area contributed by atoms with Gasteiger partial charge in [0.05, 0.1) is 32.1 Å². The number of carbonyl (C=O) groups excluding carboxylic acids is 1. The predicted octanol–water partition coefficient (Wildman–Crippen LogP) is 3.82. The molecule has 3 atom stereocenters. The van der Waals surface area contributed by atoms with Gasteiger partial charge in [0, 0.05) is 29.7 Å². The lowest BCUT2D eigenvalue weighted by Gasteiger charge is -2.46. The zero-order valence-electron chi connectivity index (χ0n) is 16.3. The van der Waals surface area contributed by atoms with E-state index in [0.29, 0.717) is 17.5 Å². The summed E-state index contributed by atoms with van der Waals surface area (Å²) in [7, 11) is 3.04. The summed E-state index contributed by atoms with van der Waals surface area (Å²) >= 11 is 0. The first-order chi connectivity index (χ1) is 13.2. The van der Waals surface area contributed by atoms with Crippen molar-refractivity contribution >= 4 is 16.9 Å². The minimum absolute atomic E-state index is 0.140. The lowest BCUT2D eigenvalue weighted by Crippen LogP contribution is -2.47. The Kier molecular flexibility index (Phi) is 4.96. The molecule has 0 spiro atoms. The van der Waals surface area contributed by atoms with Crippen molar-refractivity contribution in [3.05, 3.63) is 47.4 Å². The Bertz CT molecular complexity index is 870. The number of aromatic amines is 1. The zero-order valence-corrected chi connectivity index (χ0v) is 16.3. The van der Waals surface area contributed by atoms with Gasteiger partial charge in [0.1, 0.15) is 0 Å². The molecule has 1 fully saturated rings. The largest absolute Gasteiger partial charge is 0.504 e. The number of rotatable bonds is 4. The number of hydrogen-bond acceptors (Lipinski definition) is 4. The van der Waals surface area contributed by atoms with Crippen LogP contribution in [0.15, 0.2) is 36.1 Å². The highest BCUT2D eigenvalue weighted by Gasteiger charge is 2.42. The Hall–Kier alpha value is -2.27. The van der Waals surface area contributed by atoms with Crippen LogP contribution in [-0.4, -0.2) is 43.2 Å². The molecule has 0 amide bonds. The molecule has 1 aromatic heterocycles. The average Bonchev–Trinajstić information content (AvgIpc) is 3.09. The van der Waals surface area contributed by atoms with Crippen LogP contribution in [-0.2, 0) is 20.7 Å². The van der Waals surface area contributed by atoms with E-state index in [0.717, 1.165) is 32.4 Å². The van der Waals surface area contributed by atoms with Crippen LogP contribution in [0.1, 0.15) is 37.1 Å². The van der Waals surface area contributed by atoms with E-state index >= 15 is 0 Å². The molecule has 5 heteroatoms. The molecule has 0 bridgehead atoms. The number of para-hydroxylation sites is 1. The van der Waals surface area contributed by atoms with E-state index in [9.17, 15) is 4.79 Å². The number of methoxy groups -OCH3 is 2. The fraction of sp³-hybridized carbons (Fsp3) is 0.500. The van der Waals surface area contributed by atoms with Gasteiger partial charge in [0.25, 0.3) is 0 Å². The summed E-state index contributed by atoms with van der Waals surface area (Å²) in [6, 6.07) is 8.85. The Morgan fingerprint density at radius 2 is 2.15 bits per heavy atom. The van der Waals surface area contributed by atoms with Crippen molar-refractivity contribution in [3.8, 4) is 0 Å². The fourth-order valence-corrected chi connectivity index (χ4v) is 5.04. The van der Waals surface area contributed by atoms with Gasteiger partial charge in [-0.2, -0.15) is 0 Å². The molecule has 4 rings (SSSR count). The highest BCUT2D eigenvalue weighted by atomic mass is 16.5. The second-order valence-electron chi connectivity index (χ2n) is 7.63. The van der Waals surface area contributed by atoms with Gasteiger partial charge < -0.3 is 14.5 Å². The first kappa shape index (κ1) is 18.1. The fourth-order valence-electron chi connectivity index (χ4n) is 5.04. The minimum Gasteiger partial charge on any atom is -0.504 e. The highest BCUT2D eigenvalue weighted by molar-refractivity contribution is 5.89. The van der Waals surface area contributed by atoms with Crippen LogP contribution >= 0.6 is 0 Å². The average molecular weight is 368 g/mol. The molecule has 1 aromatic carbocycles. The second kappa shape index (κ2) is 7.39. The van der Waals surface area contributed by atoms with Crippen LogP contribution in [0.5, 0.6) is 0 Å². The van der Waals surface area contributed by atoms with Gasteiger partial charge in [-0.1, -0.05) is 31.5 Å². The minimum atomic E-state index is -0.276. The molecule has 1 N–H and O–H groups in total. The maximum absolute atomic E-state index is 12.4. The SMILES string of the molecule is CC[C@@H]1CN2CCc3c([nH]c4ccccc34)[C@@H]2C[C@@H]1/C(=C\OC)C(=O)OC. The first-order valence-corrected chi connectivity index (χ1v) is 9.82. The van der Waals surface area contributed by atoms with Crippen molar-refractivity contribution < 1.29 is 14.3 Å². The van der Waals surface area contributed by atoms with Gasteiger partial charge in [0.15, 0.2) is 0 Å². The van der Waals surface area contributed by atoms with Crippen LogP contribution in [0.4, 0.5) is 0 Å². The molecule has 27 heavy (non-hydrogen) atoms. The predicted molar refractivity (Wildman–Crippen MR) is 105 cm³/mol. The van der Waals surface area contributed by atoms with E-state index in [2.05, 4.69) is 41.1 Å². The Labute approximate surface area is 160 Å². The summed E-state index contributed by atoms with van der Waals surface area (Å²) in [5.41, 5.74) is 4.63. The van der Waals surface area contributed by atoms with Crippen LogP contribution in [0.25, 0.3) is 10.9 Å².